The Morgan fingerprint density at radius 1 is 1.50 bits per heavy atom. The minimum absolute atomic E-state index is 0.601. The van der Waals surface area contributed by atoms with Gasteiger partial charge in [0.2, 0.25) is 0 Å². The van der Waals surface area contributed by atoms with Gasteiger partial charge in [0, 0.05) is 25.3 Å². The fraction of sp³-hybridized carbons (Fsp3) is 0.545. The maximum Gasteiger partial charge on any atom is 0.128 e. The zero-order valence-corrected chi connectivity index (χ0v) is 8.83. The summed E-state index contributed by atoms with van der Waals surface area (Å²) in [6.07, 6.45) is 1.21. The lowest BCUT2D eigenvalue weighted by molar-refractivity contribution is 0.677. The molecule has 3 nitrogen and oxygen atoms in total. The molecule has 1 atom stereocenters. The van der Waals surface area contributed by atoms with Crippen molar-refractivity contribution in [2.24, 2.45) is 0 Å². The van der Waals surface area contributed by atoms with Gasteiger partial charge in [-0.05, 0) is 32.0 Å². The number of nitrogens with one attached hydrogen (secondary N) is 1. The molecule has 1 fully saturated rings. The summed E-state index contributed by atoms with van der Waals surface area (Å²) in [7, 11) is 2.12. The molecule has 76 valence electrons. The van der Waals surface area contributed by atoms with E-state index in [0.717, 1.165) is 24.6 Å². The molecule has 0 radical (unpaired) electrons. The first kappa shape index (κ1) is 9.46. The van der Waals surface area contributed by atoms with Crippen LogP contribution in [0, 0.1) is 6.92 Å². The summed E-state index contributed by atoms with van der Waals surface area (Å²) in [5.74, 6) is 1.08. The number of aromatic nitrogens is 1. The molecule has 1 unspecified atom stereocenters. The van der Waals surface area contributed by atoms with Crippen LogP contribution in [0.5, 0.6) is 0 Å². The largest absolute Gasteiger partial charge is 0.355 e. The Bertz CT molecular complexity index is 305. The molecule has 2 heterocycles. The van der Waals surface area contributed by atoms with E-state index in [2.05, 4.69) is 34.4 Å². The van der Waals surface area contributed by atoms with Gasteiger partial charge in [0.1, 0.15) is 5.82 Å². The first-order valence-corrected chi connectivity index (χ1v) is 5.14. The lowest BCUT2D eigenvalue weighted by Gasteiger charge is -2.24. The first-order valence-electron chi connectivity index (χ1n) is 5.14. The Balaban J connectivity index is 2.13. The minimum atomic E-state index is 0.601. The third-order valence-corrected chi connectivity index (χ3v) is 2.82. The smallest absolute Gasteiger partial charge is 0.128 e. The number of nitrogens with zero attached hydrogens (tertiary/aromatic N) is 2. The fourth-order valence-corrected chi connectivity index (χ4v) is 1.88. The summed E-state index contributed by atoms with van der Waals surface area (Å²) in [4.78, 5) is 6.79. The molecule has 1 aliphatic rings. The molecular formula is C11H17N3. The average molecular weight is 191 g/mol. The second-order valence-electron chi connectivity index (χ2n) is 3.89. The Morgan fingerprint density at radius 2 is 2.36 bits per heavy atom. The molecule has 0 bridgehead atoms. The second-order valence-corrected chi connectivity index (χ2v) is 3.89. The van der Waals surface area contributed by atoms with Crippen molar-refractivity contribution in [1.82, 2.24) is 10.3 Å². The highest BCUT2D eigenvalue weighted by Gasteiger charge is 2.19. The van der Waals surface area contributed by atoms with E-state index >= 15 is 0 Å². The summed E-state index contributed by atoms with van der Waals surface area (Å²) in [6, 6.07) is 6.77. The lowest BCUT2D eigenvalue weighted by Crippen LogP contribution is -2.33. The molecule has 1 saturated heterocycles. The van der Waals surface area contributed by atoms with Crippen molar-refractivity contribution in [3.63, 3.8) is 0 Å². The monoisotopic (exact) mass is 191 g/mol. The van der Waals surface area contributed by atoms with E-state index < -0.39 is 0 Å². The van der Waals surface area contributed by atoms with Crippen molar-refractivity contribution in [2.45, 2.75) is 19.4 Å². The van der Waals surface area contributed by atoms with Crippen LogP contribution in [0.15, 0.2) is 18.2 Å². The highest BCUT2D eigenvalue weighted by molar-refractivity contribution is 5.39. The van der Waals surface area contributed by atoms with Crippen LogP contribution >= 0.6 is 0 Å². The number of rotatable bonds is 2. The average Bonchev–Trinajstić information content (AvgIpc) is 2.69. The summed E-state index contributed by atoms with van der Waals surface area (Å²) in [5, 5.41) is 3.37. The third kappa shape index (κ3) is 1.87. The topological polar surface area (TPSA) is 28.2 Å². The van der Waals surface area contributed by atoms with Gasteiger partial charge < -0.3 is 10.2 Å². The van der Waals surface area contributed by atoms with Crippen LogP contribution in [-0.4, -0.2) is 31.2 Å². The van der Waals surface area contributed by atoms with E-state index in [1.165, 1.54) is 6.42 Å². The molecule has 0 spiro atoms. The van der Waals surface area contributed by atoms with Crippen LogP contribution < -0.4 is 10.2 Å². The molecule has 1 aliphatic heterocycles. The van der Waals surface area contributed by atoms with Gasteiger partial charge in [-0.2, -0.15) is 0 Å². The van der Waals surface area contributed by atoms with Crippen molar-refractivity contribution >= 4 is 5.82 Å². The van der Waals surface area contributed by atoms with Crippen molar-refractivity contribution in [1.29, 1.82) is 0 Å². The summed E-state index contributed by atoms with van der Waals surface area (Å²) in [5.41, 5.74) is 1.08. The van der Waals surface area contributed by atoms with Crippen molar-refractivity contribution in [3.05, 3.63) is 23.9 Å². The zero-order chi connectivity index (χ0) is 9.97. The van der Waals surface area contributed by atoms with E-state index in [0.29, 0.717) is 6.04 Å². The SMILES string of the molecule is Cc1cccc(N(C)C2CCNC2)n1. The Morgan fingerprint density at radius 3 is 3.00 bits per heavy atom. The van der Waals surface area contributed by atoms with Crippen LogP contribution in [0.3, 0.4) is 0 Å². The predicted molar refractivity (Wildman–Crippen MR) is 58.7 cm³/mol. The molecule has 3 heteroatoms. The Labute approximate surface area is 85.1 Å². The van der Waals surface area contributed by atoms with Gasteiger partial charge in [0.15, 0.2) is 0 Å². The van der Waals surface area contributed by atoms with Gasteiger partial charge in [-0.1, -0.05) is 6.07 Å². The van der Waals surface area contributed by atoms with Gasteiger partial charge in [-0.3, -0.25) is 0 Å². The molecule has 1 aromatic rings. The van der Waals surface area contributed by atoms with Crippen LogP contribution in [0.25, 0.3) is 0 Å². The van der Waals surface area contributed by atoms with Crippen LogP contribution in [0.2, 0.25) is 0 Å². The molecule has 0 aromatic carbocycles. The van der Waals surface area contributed by atoms with Gasteiger partial charge in [0.25, 0.3) is 0 Å². The van der Waals surface area contributed by atoms with Crippen LogP contribution in [-0.2, 0) is 0 Å². The Hall–Kier alpha value is -1.09. The van der Waals surface area contributed by atoms with E-state index in [1.54, 1.807) is 0 Å². The molecule has 0 saturated carbocycles. The van der Waals surface area contributed by atoms with Crippen LogP contribution in [0.1, 0.15) is 12.1 Å². The molecule has 1 aromatic heterocycles. The number of hydrogen-bond acceptors (Lipinski definition) is 3. The minimum Gasteiger partial charge on any atom is -0.355 e. The number of anilines is 1. The van der Waals surface area contributed by atoms with Gasteiger partial charge in [0.05, 0.1) is 0 Å². The second kappa shape index (κ2) is 3.96. The van der Waals surface area contributed by atoms with Crippen molar-refractivity contribution in [3.8, 4) is 0 Å². The molecular weight excluding hydrogens is 174 g/mol. The summed E-state index contributed by atoms with van der Waals surface area (Å²) < 4.78 is 0. The highest BCUT2D eigenvalue weighted by atomic mass is 15.2. The van der Waals surface area contributed by atoms with E-state index in [1.807, 2.05) is 13.0 Å². The molecule has 1 N–H and O–H groups in total. The molecule has 14 heavy (non-hydrogen) atoms. The first-order chi connectivity index (χ1) is 6.77. The number of pyridine rings is 1. The number of hydrogen-bond donors (Lipinski definition) is 1. The van der Waals surface area contributed by atoms with Crippen molar-refractivity contribution < 1.29 is 0 Å². The van der Waals surface area contributed by atoms with Gasteiger partial charge >= 0.3 is 0 Å². The third-order valence-electron chi connectivity index (χ3n) is 2.82. The maximum atomic E-state index is 4.52. The maximum absolute atomic E-state index is 4.52. The van der Waals surface area contributed by atoms with Crippen molar-refractivity contribution in [2.75, 3.05) is 25.0 Å². The predicted octanol–water partition coefficient (Wildman–Crippen LogP) is 1.19. The van der Waals surface area contributed by atoms with E-state index in [4.69, 9.17) is 0 Å². The van der Waals surface area contributed by atoms with E-state index in [-0.39, 0.29) is 0 Å². The van der Waals surface area contributed by atoms with Crippen LogP contribution in [0.4, 0.5) is 5.82 Å². The Kier molecular flexibility index (Phi) is 2.68. The van der Waals surface area contributed by atoms with E-state index in [9.17, 15) is 0 Å². The summed E-state index contributed by atoms with van der Waals surface area (Å²) >= 11 is 0. The normalized spacial score (nSPS) is 21.1. The quantitative estimate of drug-likeness (QED) is 0.761. The lowest BCUT2D eigenvalue weighted by atomic mass is 10.2. The fourth-order valence-electron chi connectivity index (χ4n) is 1.88. The molecule has 0 aliphatic carbocycles. The molecule has 0 amide bonds. The number of likely N-dealkylation sites (N-methyl/N-ethyl adjacent to an activating group) is 1. The van der Waals surface area contributed by atoms with Gasteiger partial charge in [-0.15, -0.1) is 0 Å². The van der Waals surface area contributed by atoms with Gasteiger partial charge in [-0.25, -0.2) is 4.98 Å². The highest BCUT2D eigenvalue weighted by Crippen LogP contribution is 2.15. The molecule has 2 rings (SSSR count). The standard InChI is InChI=1S/C11H17N3/c1-9-4-3-5-11(13-9)14(2)10-6-7-12-8-10/h3-5,10,12H,6-8H2,1-2H3. The summed E-state index contributed by atoms with van der Waals surface area (Å²) in [6.45, 7) is 4.23. The zero-order valence-electron chi connectivity index (χ0n) is 8.83. The number of aryl methyl sites for hydroxylation is 1.